The number of carbonyl (C=O) groups is 1. The molecule has 5 nitrogen and oxygen atoms in total. The summed E-state index contributed by atoms with van der Waals surface area (Å²) >= 11 is 11.7. The number of amides is 1. The summed E-state index contributed by atoms with van der Waals surface area (Å²) in [5.41, 5.74) is -0.259. The summed E-state index contributed by atoms with van der Waals surface area (Å²) in [6.07, 6.45) is 0. The van der Waals surface area contributed by atoms with E-state index in [1.807, 2.05) is 20.8 Å². The van der Waals surface area contributed by atoms with E-state index in [1.54, 1.807) is 0 Å². The van der Waals surface area contributed by atoms with E-state index in [0.29, 0.717) is 0 Å². The number of benzene rings is 1. The molecule has 0 aromatic heterocycles. The lowest BCUT2D eigenvalue weighted by Crippen LogP contribution is -2.36. The molecule has 0 radical (unpaired) electrons. The van der Waals surface area contributed by atoms with Crippen molar-refractivity contribution in [3.8, 4) is 0 Å². The van der Waals surface area contributed by atoms with Crippen LogP contribution in [0.5, 0.6) is 0 Å². The molecule has 0 aliphatic heterocycles. The van der Waals surface area contributed by atoms with Gasteiger partial charge in [0, 0.05) is 18.2 Å². The van der Waals surface area contributed by atoms with Gasteiger partial charge in [-0.1, -0.05) is 37.0 Å². The van der Waals surface area contributed by atoms with Crippen molar-refractivity contribution in [2.75, 3.05) is 0 Å². The molecule has 104 valence electrons. The van der Waals surface area contributed by atoms with Crippen molar-refractivity contribution in [3.05, 3.63) is 37.9 Å². The fraction of sp³-hybridized carbons (Fsp3) is 0.417. The number of hydrogen-bond acceptors (Lipinski definition) is 3. The van der Waals surface area contributed by atoms with E-state index in [2.05, 4.69) is 5.32 Å². The molecular formula is C12H14Cl2N2O3. The molecule has 1 atom stereocenters. The van der Waals surface area contributed by atoms with E-state index in [4.69, 9.17) is 23.2 Å². The minimum Gasteiger partial charge on any atom is -0.349 e. The first kappa shape index (κ1) is 15.7. The summed E-state index contributed by atoms with van der Waals surface area (Å²) in [7, 11) is 0. The highest BCUT2D eigenvalue weighted by Gasteiger charge is 2.21. The average molecular weight is 305 g/mol. The van der Waals surface area contributed by atoms with Gasteiger partial charge in [0.25, 0.3) is 11.6 Å². The molecule has 0 aliphatic carbocycles. The van der Waals surface area contributed by atoms with Crippen LogP contribution in [0, 0.1) is 16.0 Å². The Kier molecular flexibility index (Phi) is 5.14. The molecule has 1 aromatic carbocycles. The third-order valence-electron chi connectivity index (χ3n) is 2.83. The first-order valence-corrected chi connectivity index (χ1v) is 6.44. The van der Waals surface area contributed by atoms with Gasteiger partial charge in [-0.3, -0.25) is 14.9 Å². The second kappa shape index (κ2) is 6.21. The fourth-order valence-electron chi connectivity index (χ4n) is 1.30. The SMILES string of the molecule is CC(C)C(C)NC(=O)c1cc([N+](=O)[O-])cc(Cl)c1Cl. The van der Waals surface area contributed by atoms with Crippen LogP contribution in [-0.2, 0) is 0 Å². The first-order chi connectivity index (χ1) is 8.73. The molecule has 1 unspecified atom stereocenters. The Hall–Kier alpha value is -1.33. The minimum absolute atomic E-state index is 0.00775. The Bertz CT molecular complexity index is 518. The van der Waals surface area contributed by atoms with Crippen molar-refractivity contribution in [2.24, 2.45) is 5.92 Å². The van der Waals surface area contributed by atoms with Crippen LogP contribution in [0.15, 0.2) is 12.1 Å². The Balaban J connectivity index is 3.12. The number of nitro benzene ring substituents is 1. The maximum atomic E-state index is 12.0. The number of nitrogens with one attached hydrogen (secondary N) is 1. The smallest absolute Gasteiger partial charge is 0.271 e. The third kappa shape index (κ3) is 3.81. The number of rotatable bonds is 4. The lowest BCUT2D eigenvalue weighted by atomic mass is 10.1. The number of nitrogens with zero attached hydrogens (tertiary/aromatic N) is 1. The largest absolute Gasteiger partial charge is 0.349 e. The molecule has 0 heterocycles. The molecule has 7 heteroatoms. The van der Waals surface area contributed by atoms with Gasteiger partial charge in [0.15, 0.2) is 0 Å². The Labute approximate surface area is 121 Å². The van der Waals surface area contributed by atoms with Crippen LogP contribution >= 0.6 is 23.2 Å². The molecule has 19 heavy (non-hydrogen) atoms. The molecule has 0 saturated heterocycles. The topological polar surface area (TPSA) is 72.2 Å². The Morgan fingerprint density at radius 2 is 1.89 bits per heavy atom. The van der Waals surface area contributed by atoms with Gasteiger partial charge in [-0.2, -0.15) is 0 Å². The summed E-state index contributed by atoms with van der Waals surface area (Å²) in [6.45, 7) is 5.75. The number of nitro groups is 1. The molecule has 1 rings (SSSR count). The monoisotopic (exact) mass is 304 g/mol. The van der Waals surface area contributed by atoms with Gasteiger partial charge < -0.3 is 5.32 Å². The van der Waals surface area contributed by atoms with Crippen LogP contribution in [0.2, 0.25) is 10.0 Å². The summed E-state index contributed by atoms with van der Waals surface area (Å²) in [6, 6.07) is 2.16. The van der Waals surface area contributed by atoms with Crippen LogP contribution in [-0.4, -0.2) is 16.9 Å². The number of hydrogen-bond donors (Lipinski definition) is 1. The van der Waals surface area contributed by atoms with Crippen LogP contribution < -0.4 is 5.32 Å². The zero-order valence-corrected chi connectivity index (χ0v) is 12.2. The Morgan fingerprint density at radius 3 is 2.37 bits per heavy atom. The molecule has 1 N–H and O–H groups in total. The number of non-ortho nitro benzene ring substituents is 1. The highest BCUT2D eigenvalue weighted by molar-refractivity contribution is 6.44. The summed E-state index contributed by atoms with van der Waals surface area (Å²) in [5.74, 6) is -0.242. The maximum absolute atomic E-state index is 12.0. The normalized spacial score (nSPS) is 12.3. The quantitative estimate of drug-likeness (QED) is 0.681. The molecule has 0 saturated carbocycles. The van der Waals surface area contributed by atoms with Crippen molar-refractivity contribution in [1.29, 1.82) is 0 Å². The second-order valence-electron chi connectivity index (χ2n) is 4.55. The van der Waals surface area contributed by atoms with E-state index in [-0.39, 0.29) is 33.3 Å². The molecule has 0 bridgehead atoms. The minimum atomic E-state index is -0.620. The molecular weight excluding hydrogens is 291 g/mol. The van der Waals surface area contributed by atoms with Crippen molar-refractivity contribution < 1.29 is 9.72 Å². The van der Waals surface area contributed by atoms with Gasteiger partial charge in [0.05, 0.1) is 20.5 Å². The van der Waals surface area contributed by atoms with E-state index >= 15 is 0 Å². The zero-order valence-electron chi connectivity index (χ0n) is 10.7. The predicted molar refractivity (Wildman–Crippen MR) is 74.9 cm³/mol. The van der Waals surface area contributed by atoms with Crippen molar-refractivity contribution >= 4 is 34.8 Å². The van der Waals surface area contributed by atoms with E-state index < -0.39 is 10.8 Å². The highest BCUT2D eigenvalue weighted by Crippen LogP contribution is 2.30. The maximum Gasteiger partial charge on any atom is 0.271 e. The standard InChI is InChI=1S/C12H14Cl2N2O3/c1-6(2)7(3)15-12(17)9-4-8(16(18)19)5-10(13)11(9)14/h4-7H,1-3H3,(H,15,17). The molecule has 1 amide bonds. The predicted octanol–water partition coefficient (Wildman–Crippen LogP) is 3.68. The van der Waals surface area contributed by atoms with Gasteiger partial charge in [0.2, 0.25) is 0 Å². The van der Waals surface area contributed by atoms with E-state index in [0.717, 1.165) is 12.1 Å². The lowest BCUT2D eigenvalue weighted by Gasteiger charge is -2.17. The molecule has 1 aromatic rings. The fourth-order valence-corrected chi connectivity index (χ4v) is 1.71. The van der Waals surface area contributed by atoms with E-state index in [9.17, 15) is 14.9 Å². The number of halogens is 2. The summed E-state index contributed by atoms with van der Waals surface area (Å²) in [4.78, 5) is 22.2. The summed E-state index contributed by atoms with van der Waals surface area (Å²) in [5, 5.41) is 13.5. The van der Waals surface area contributed by atoms with Gasteiger partial charge in [-0.25, -0.2) is 0 Å². The van der Waals surface area contributed by atoms with Crippen molar-refractivity contribution in [2.45, 2.75) is 26.8 Å². The third-order valence-corrected chi connectivity index (χ3v) is 3.63. The van der Waals surface area contributed by atoms with Crippen LogP contribution in [0.4, 0.5) is 5.69 Å². The Morgan fingerprint density at radius 1 is 1.32 bits per heavy atom. The van der Waals surface area contributed by atoms with Gasteiger partial charge in [-0.15, -0.1) is 0 Å². The summed E-state index contributed by atoms with van der Waals surface area (Å²) < 4.78 is 0. The average Bonchev–Trinajstić information content (AvgIpc) is 2.31. The van der Waals surface area contributed by atoms with E-state index in [1.165, 1.54) is 0 Å². The van der Waals surface area contributed by atoms with Gasteiger partial charge in [0.1, 0.15) is 0 Å². The first-order valence-electron chi connectivity index (χ1n) is 5.68. The van der Waals surface area contributed by atoms with Crippen LogP contribution in [0.3, 0.4) is 0 Å². The second-order valence-corrected chi connectivity index (χ2v) is 5.34. The highest BCUT2D eigenvalue weighted by atomic mass is 35.5. The lowest BCUT2D eigenvalue weighted by molar-refractivity contribution is -0.384. The van der Waals surface area contributed by atoms with Gasteiger partial charge >= 0.3 is 0 Å². The number of carbonyl (C=O) groups excluding carboxylic acids is 1. The zero-order chi connectivity index (χ0) is 14.7. The molecule has 0 fully saturated rings. The van der Waals surface area contributed by atoms with Crippen LogP contribution in [0.1, 0.15) is 31.1 Å². The van der Waals surface area contributed by atoms with Crippen molar-refractivity contribution in [3.63, 3.8) is 0 Å². The molecule has 0 spiro atoms. The van der Waals surface area contributed by atoms with Crippen molar-refractivity contribution in [1.82, 2.24) is 5.32 Å². The molecule has 0 aliphatic rings. The van der Waals surface area contributed by atoms with Gasteiger partial charge in [-0.05, 0) is 12.8 Å². The van der Waals surface area contributed by atoms with Crippen LogP contribution in [0.25, 0.3) is 0 Å².